The number of nitrogens with one attached hydrogen (secondary N) is 1. The Kier molecular flexibility index (Phi) is 5.34. The first-order valence-electron chi connectivity index (χ1n) is 9.37. The third-order valence-corrected chi connectivity index (χ3v) is 5.38. The van der Waals surface area contributed by atoms with Crippen molar-refractivity contribution in [3.05, 3.63) is 59.5 Å². The van der Waals surface area contributed by atoms with Crippen LogP contribution in [0.2, 0.25) is 0 Å². The largest absolute Gasteiger partial charge is 0.508 e. The number of thioether (sulfide) groups is 1. The highest BCUT2D eigenvalue weighted by molar-refractivity contribution is 8.02. The molecule has 1 aliphatic heterocycles. The van der Waals surface area contributed by atoms with Gasteiger partial charge in [-0.15, -0.1) is 11.8 Å². The molecule has 0 atom stereocenters. The van der Waals surface area contributed by atoms with E-state index in [9.17, 15) is 5.11 Å². The first kappa shape index (κ1) is 18.6. The standard InChI is InChI=1S/C21H23N5OS/c1-14(2)26-13-23-18-20(22-10-9-15-5-7-17(27)8-6-15)24-19(25-21(18)26)16-4-3-11-28-12-16/h3-8,12-14,27H,9-11H2,1-2H3,(H,22,24,25). The van der Waals surface area contributed by atoms with Crippen LogP contribution in [0, 0.1) is 0 Å². The van der Waals surface area contributed by atoms with Gasteiger partial charge in [0.05, 0.1) is 6.33 Å². The molecule has 1 aromatic carbocycles. The minimum atomic E-state index is 0.267. The average molecular weight is 394 g/mol. The zero-order valence-corrected chi connectivity index (χ0v) is 16.8. The monoisotopic (exact) mass is 393 g/mol. The normalized spacial score (nSPS) is 13.9. The van der Waals surface area contributed by atoms with Gasteiger partial charge in [-0.2, -0.15) is 0 Å². The Labute approximate surface area is 168 Å². The van der Waals surface area contributed by atoms with Gasteiger partial charge in [0.25, 0.3) is 0 Å². The van der Waals surface area contributed by atoms with Gasteiger partial charge in [0.1, 0.15) is 11.3 Å². The summed E-state index contributed by atoms with van der Waals surface area (Å²) in [6.07, 6.45) is 6.86. The molecule has 0 spiro atoms. The van der Waals surface area contributed by atoms with Crippen molar-refractivity contribution in [2.24, 2.45) is 0 Å². The van der Waals surface area contributed by atoms with E-state index >= 15 is 0 Å². The minimum absolute atomic E-state index is 0.267. The molecule has 4 rings (SSSR count). The number of anilines is 1. The fraction of sp³-hybridized carbons (Fsp3) is 0.286. The molecule has 2 N–H and O–H groups in total. The van der Waals surface area contributed by atoms with Crippen molar-refractivity contribution in [3.8, 4) is 5.75 Å². The van der Waals surface area contributed by atoms with Crippen LogP contribution in [0.4, 0.5) is 5.82 Å². The van der Waals surface area contributed by atoms with E-state index in [1.165, 1.54) is 0 Å². The molecule has 3 aromatic rings. The number of phenols is 1. The summed E-state index contributed by atoms with van der Waals surface area (Å²) in [6.45, 7) is 4.96. The molecule has 28 heavy (non-hydrogen) atoms. The predicted octanol–water partition coefficient (Wildman–Crippen LogP) is 4.41. The smallest absolute Gasteiger partial charge is 0.166 e. The van der Waals surface area contributed by atoms with Crippen molar-refractivity contribution in [3.63, 3.8) is 0 Å². The van der Waals surface area contributed by atoms with E-state index in [4.69, 9.17) is 9.97 Å². The van der Waals surface area contributed by atoms with Crippen LogP contribution in [-0.2, 0) is 6.42 Å². The van der Waals surface area contributed by atoms with Gasteiger partial charge in [-0.1, -0.05) is 24.3 Å². The van der Waals surface area contributed by atoms with E-state index in [0.29, 0.717) is 12.4 Å². The third-order valence-electron chi connectivity index (χ3n) is 4.58. The van der Waals surface area contributed by atoms with Gasteiger partial charge in [-0.25, -0.2) is 15.0 Å². The van der Waals surface area contributed by atoms with Crippen LogP contribution in [0.15, 0.2) is 48.2 Å². The minimum Gasteiger partial charge on any atom is -0.508 e. The highest BCUT2D eigenvalue weighted by Gasteiger charge is 2.16. The maximum absolute atomic E-state index is 9.42. The lowest BCUT2D eigenvalue weighted by atomic mass is 10.1. The Morgan fingerprint density at radius 2 is 2.04 bits per heavy atom. The van der Waals surface area contributed by atoms with Crippen LogP contribution in [0.3, 0.4) is 0 Å². The highest BCUT2D eigenvalue weighted by atomic mass is 32.2. The predicted molar refractivity (Wildman–Crippen MR) is 116 cm³/mol. The molecular formula is C21H23N5OS. The number of allylic oxidation sites excluding steroid dienone is 2. The fourth-order valence-electron chi connectivity index (χ4n) is 3.07. The third kappa shape index (κ3) is 3.89. The number of benzene rings is 1. The quantitative estimate of drug-likeness (QED) is 0.646. The molecule has 0 saturated carbocycles. The Hall–Kier alpha value is -2.80. The molecule has 144 valence electrons. The number of phenolic OH excluding ortho intramolecular Hbond substituents is 1. The van der Waals surface area contributed by atoms with Crippen molar-refractivity contribution in [2.75, 3.05) is 17.6 Å². The second-order valence-corrected chi connectivity index (χ2v) is 7.87. The zero-order chi connectivity index (χ0) is 19.5. The second kappa shape index (κ2) is 8.06. The summed E-state index contributed by atoms with van der Waals surface area (Å²) in [7, 11) is 0. The van der Waals surface area contributed by atoms with Gasteiger partial charge >= 0.3 is 0 Å². The first-order chi connectivity index (χ1) is 13.6. The summed E-state index contributed by atoms with van der Waals surface area (Å²) >= 11 is 1.75. The highest BCUT2D eigenvalue weighted by Crippen LogP contribution is 2.27. The van der Waals surface area contributed by atoms with Crippen molar-refractivity contribution in [2.45, 2.75) is 26.3 Å². The topological polar surface area (TPSA) is 75.9 Å². The Bertz CT molecular complexity index is 1040. The van der Waals surface area contributed by atoms with Gasteiger partial charge < -0.3 is 15.0 Å². The second-order valence-electron chi connectivity index (χ2n) is 6.97. The summed E-state index contributed by atoms with van der Waals surface area (Å²) in [5.41, 5.74) is 3.81. The summed E-state index contributed by atoms with van der Waals surface area (Å²) in [5.74, 6) is 2.73. The van der Waals surface area contributed by atoms with Crippen LogP contribution >= 0.6 is 11.8 Å². The number of fused-ring (bicyclic) bond motifs is 1. The molecule has 0 amide bonds. The molecule has 0 saturated heterocycles. The molecule has 3 heterocycles. The van der Waals surface area contributed by atoms with Crippen LogP contribution < -0.4 is 5.32 Å². The molecule has 0 unspecified atom stereocenters. The summed E-state index contributed by atoms with van der Waals surface area (Å²) in [5, 5.41) is 15.0. The summed E-state index contributed by atoms with van der Waals surface area (Å²) in [6, 6.07) is 7.55. The Morgan fingerprint density at radius 1 is 1.21 bits per heavy atom. The first-order valence-corrected chi connectivity index (χ1v) is 10.4. The van der Waals surface area contributed by atoms with Crippen molar-refractivity contribution in [1.82, 2.24) is 19.5 Å². The lowest BCUT2D eigenvalue weighted by Crippen LogP contribution is -2.10. The SMILES string of the molecule is CC(C)n1cnc2c(NCCc3ccc(O)cc3)nc(C3=CSCC=C3)nc21. The van der Waals surface area contributed by atoms with Crippen LogP contribution in [0.1, 0.15) is 31.3 Å². The number of aromatic nitrogens is 4. The molecule has 1 aliphatic rings. The van der Waals surface area contributed by atoms with Gasteiger partial charge in [0, 0.05) is 23.9 Å². The molecule has 0 radical (unpaired) electrons. The lowest BCUT2D eigenvalue weighted by Gasteiger charge is -2.12. The Balaban J connectivity index is 1.64. The fourth-order valence-corrected chi connectivity index (χ4v) is 3.74. The number of aromatic hydroxyl groups is 1. The van der Waals surface area contributed by atoms with E-state index < -0.39 is 0 Å². The number of rotatable bonds is 6. The van der Waals surface area contributed by atoms with Gasteiger partial charge in [-0.05, 0) is 43.4 Å². The van der Waals surface area contributed by atoms with E-state index in [1.54, 1.807) is 23.9 Å². The summed E-state index contributed by atoms with van der Waals surface area (Å²) < 4.78 is 2.08. The van der Waals surface area contributed by atoms with Crippen molar-refractivity contribution in [1.29, 1.82) is 0 Å². The van der Waals surface area contributed by atoms with Crippen molar-refractivity contribution < 1.29 is 5.11 Å². The molecule has 6 nitrogen and oxygen atoms in total. The van der Waals surface area contributed by atoms with Crippen molar-refractivity contribution >= 4 is 34.3 Å². The molecule has 7 heteroatoms. The summed E-state index contributed by atoms with van der Waals surface area (Å²) in [4.78, 5) is 14.1. The molecular weight excluding hydrogens is 370 g/mol. The molecule has 2 aromatic heterocycles. The average Bonchev–Trinajstić information content (AvgIpc) is 3.14. The van der Waals surface area contributed by atoms with E-state index in [0.717, 1.165) is 40.3 Å². The molecule has 0 fully saturated rings. The number of hydrogen-bond acceptors (Lipinski definition) is 6. The number of hydrogen-bond donors (Lipinski definition) is 2. The van der Waals surface area contributed by atoms with Crippen LogP contribution in [0.25, 0.3) is 16.7 Å². The zero-order valence-electron chi connectivity index (χ0n) is 16.0. The number of nitrogens with zero attached hydrogens (tertiary/aromatic N) is 4. The molecule has 0 bridgehead atoms. The van der Waals surface area contributed by atoms with Crippen LogP contribution in [-0.4, -0.2) is 36.9 Å². The maximum atomic E-state index is 9.42. The van der Waals surface area contributed by atoms with Crippen LogP contribution in [0.5, 0.6) is 5.75 Å². The number of imidazole rings is 1. The van der Waals surface area contributed by atoms with Gasteiger partial charge in [-0.3, -0.25) is 0 Å². The van der Waals surface area contributed by atoms with E-state index in [2.05, 4.69) is 46.3 Å². The van der Waals surface area contributed by atoms with E-state index in [-0.39, 0.29) is 11.8 Å². The van der Waals surface area contributed by atoms with Gasteiger partial charge in [0.15, 0.2) is 17.3 Å². The van der Waals surface area contributed by atoms with Gasteiger partial charge in [0.2, 0.25) is 0 Å². The lowest BCUT2D eigenvalue weighted by molar-refractivity contribution is 0.475. The van der Waals surface area contributed by atoms with E-state index in [1.807, 2.05) is 18.5 Å². The molecule has 0 aliphatic carbocycles. The maximum Gasteiger partial charge on any atom is 0.166 e. The Morgan fingerprint density at radius 3 is 2.75 bits per heavy atom.